The Hall–Kier alpha value is -0.870. The molecule has 0 bridgehead atoms. The van der Waals surface area contributed by atoms with E-state index in [4.69, 9.17) is 9.47 Å². The van der Waals surface area contributed by atoms with Gasteiger partial charge in [0, 0.05) is 11.8 Å². The summed E-state index contributed by atoms with van der Waals surface area (Å²) in [5.74, 6) is 4.75. The maximum Gasteiger partial charge on any atom is 0.161 e. The van der Waals surface area contributed by atoms with Crippen molar-refractivity contribution in [3.63, 3.8) is 0 Å². The molecule has 0 spiro atoms. The first-order chi connectivity index (χ1) is 9.20. The molecule has 106 valence electrons. The van der Waals surface area contributed by atoms with Crippen LogP contribution in [0.25, 0.3) is 0 Å². The van der Waals surface area contributed by atoms with E-state index in [1.807, 2.05) is 24.9 Å². The molecule has 1 aliphatic heterocycles. The molecule has 1 unspecified atom stereocenters. The van der Waals surface area contributed by atoms with Crippen LogP contribution in [0.2, 0.25) is 0 Å². The fourth-order valence-corrected chi connectivity index (χ4v) is 3.25. The molecule has 1 aliphatic rings. The van der Waals surface area contributed by atoms with E-state index in [1.54, 1.807) is 0 Å². The molecule has 0 saturated heterocycles. The van der Waals surface area contributed by atoms with Crippen LogP contribution >= 0.6 is 11.8 Å². The minimum absolute atomic E-state index is 0.361. The van der Waals surface area contributed by atoms with Crippen molar-refractivity contribution < 1.29 is 9.47 Å². The molecular weight excluding hydrogens is 258 g/mol. The standard InChI is InChI=1S/C15H23NO2S/c1-11(2)9-19-10-13(16-3)12-4-5-14-15(8-12)18-7-6-17-14/h4-5,8,11,13,16H,6-7,9-10H2,1-3H3. The molecule has 19 heavy (non-hydrogen) atoms. The Labute approximate surface area is 120 Å². The van der Waals surface area contributed by atoms with Crippen molar-refractivity contribution in [2.24, 2.45) is 5.92 Å². The molecule has 1 heterocycles. The van der Waals surface area contributed by atoms with Crippen molar-refractivity contribution in [3.05, 3.63) is 23.8 Å². The second-order valence-electron chi connectivity index (χ2n) is 5.18. The number of ether oxygens (including phenoxy) is 2. The van der Waals surface area contributed by atoms with Gasteiger partial charge in [-0.15, -0.1) is 0 Å². The number of hydrogen-bond donors (Lipinski definition) is 1. The molecule has 0 amide bonds. The summed E-state index contributed by atoms with van der Waals surface area (Å²) >= 11 is 1.99. The molecule has 4 heteroatoms. The van der Waals surface area contributed by atoms with Gasteiger partial charge in [-0.3, -0.25) is 0 Å². The van der Waals surface area contributed by atoms with E-state index in [0.717, 1.165) is 23.2 Å². The molecule has 1 N–H and O–H groups in total. The predicted octanol–water partition coefficient (Wildman–Crippen LogP) is 3.11. The summed E-state index contributed by atoms with van der Waals surface area (Å²) in [7, 11) is 2.01. The highest BCUT2D eigenvalue weighted by molar-refractivity contribution is 7.99. The summed E-state index contributed by atoms with van der Waals surface area (Å²) in [6, 6.07) is 6.61. The van der Waals surface area contributed by atoms with Crippen LogP contribution in [0, 0.1) is 5.92 Å². The lowest BCUT2D eigenvalue weighted by atomic mass is 10.1. The second kappa shape index (κ2) is 7.06. The van der Waals surface area contributed by atoms with Crippen LogP contribution in [0.5, 0.6) is 11.5 Å². The van der Waals surface area contributed by atoms with E-state index in [2.05, 4.69) is 31.3 Å². The van der Waals surface area contributed by atoms with Crippen molar-refractivity contribution in [3.8, 4) is 11.5 Å². The third-order valence-electron chi connectivity index (χ3n) is 3.05. The highest BCUT2D eigenvalue weighted by Gasteiger charge is 2.16. The van der Waals surface area contributed by atoms with Gasteiger partial charge in [0.25, 0.3) is 0 Å². The molecule has 1 aromatic carbocycles. The van der Waals surface area contributed by atoms with Crippen molar-refractivity contribution in [1.82, 2.24) is 5.32 Å². The lowest BCUT2D eigenvalue weighted by Gasteiger charge is -2.22. The van der Waals surface area contributed by atoms with Crippen LogP contribution in [0.4, 0.5) is 0 Å². The Morgan fingerprint density at radius 1 is 1.16 bits per heavy atom. The molecule has 0 fully saturated rings. The van der Waals surface area contributed by atoms with E-state index in [1.165, 1.54) is 11.3 Å². The molecule has 0 saturated carbocycles. The average molecular weight is 281 g/mol. The maximum atomic E-state index is 5.64. The Morgan fingerprint density at radius 3 is 2.58 bits per heavy atom. The van der Waals surface area contributed by atoms with Crippen LogP contribution in [-0.2, 0) is 0 Å². The van der Waals surface area contributed by atoms with Gasteiger partial charge in [-0.05, 0) is 36.4 Å². The molecule has 1 atom stereocenters. The molecular formula is C15H23NO2S. The zero-order valence-corrected chi connectivity index (χ0v) is 12.8. The molecule has 3 nitrogen and oxygen atoms in total. The fourth-order valence-electron chi connectivity index (χ4n) is 2.04. The lowest BCUT2D eigenvalue weighted by molar-refractivity contribution is 0.171. The molecule has 0 aliphatic carbocycles. The van der Waals surface area contributed by atoms with E-state index in [0.29, 0.717) is 19.3 Å². The Morgan fingerprint density at radius 2 is 1.89 bits per heavy atom. The topological polar surface area (TPSA) is 30.5 Å². The summed E-state index contributed by atoms with van der Waals surface area (Å²) in [6.07, 6.45) is 0. The molecule has 2 rings (SSSR count). The van der Waals surface area contributed by atoms with Crippen molar-refractivity contribution in [2.45, 2.75) is 19.9 Å². The molecule has 0 radical (unpaired) electrons. The van der Waals surface area contributed by atoms with Gasteiger partial charge in [0.15, 0.2) is 11.5 Å². The van der Waals surface area contributed by atoms with Gasteiger partial charge in [-0.2, -0.15) is 11.8 Å². The highest BCUT2D eigenvalue weighted by atomic mass is 32.2. The van der Waals surface area contributed by atoms with Gasteiger partial charge in [-0.1, -0.05) is 19.9 Å². The minimum atomic E-state index is 0.361. The Bertz CT molecular complexity index is 409. The fraction of sp³-hybridized carbons (Fsp3) is 0.600. The van der Waals surface area contributed by atoms with Gasteiger partial charge in [-0.25, -0.2) is 0 Å². The lowest BCUT2D eigenvalue weighted by Crippen LogP contribution is -2.20. The maximum absolute atomic E-state index is 5.64. The van der Waals surface area contributed by atoms with Crippen LogP contribution < -0.4 is 14.8 Å². The van der Waals surface area contributed by atoms with Gasteiger partial charge >= 0.3 is 0 Å². The summed E-state index contributed by atoms with van der Waals surface area (Å²) in [5, 5.41) is 3.38. The number of thioether (sulfide) groups is 1. The third kappa shape index (κ3) is 4.05. The summed E-state index contributed by atoms with van der Waals surface area (Å²) in [4.78, 5) is 0. The quantitative estimate of drug-likeness (QED) is 0.868. The van der Waals surface area contributed by atoms with E-state index >= 15 is 0 Å². The molecule has 1 aromatic rings. The van der Waals surface area contributed by atoms with Gasteiger partial charge in [0.05, 0.1) is 0 Å². The highest BCUT2D eigenvalue weighted by Crippen LogP contribution is 2.33. The zero-order chi connectivity index (χ0) is 13.7. The number of hydrogen-bond acceptors (Lipinski definition) is 4. The van der Waals surface area contributed by atoms with E-state index in [-0.39, 0.29) is 0 Å². The van der Waals surface area contributed by atoms with Crippen LogP contribution in [0.3, 0.4) is 0 Å². The smallest absolute Gasteiger partial charge is 0.161 e. The normalized spacial score (nSPS) is 15.6. The SMILES string of the molecule is CNC(CSCC(C)C)c1ccc2c(c1)OCCO2. The van der Waals surface area contributed by atoms with Crippen molar-refractivity contribution >= 4 is 11.8 Å². The summed E-state index contributed by atoms with van der Waals surface area (Å²) in [5.41, 5.74) is 1.27. The first-order valence-corrected chi connectivity index (χ1v) is 8.00. The first kappa shape index (κ1) is 14.5. The number of nitrogens with one attached hydrogen (secondary N) is 1. The summed E-state index contributed by atoms with van der Waals surface area (Å²) < 4.78 is 11.2. The largest absolute Gasteiger partial charge is 0.486 e. The van der Waals surface area contributed by atoms with Gasteiger partial charge in [0.1, 0.15) is 13.2 Å². The minimum Gasteiger partial charge on any atom is -0.486 e. The number of benzene rings is 1. The second-order valence-corrected chi connectivity index (χ2v) is 6.25. The summed E-state index contributed by atoms with van der Waals surface area (Å²) in [6.45, 7) is 5.80. The predicted molar refractivity (Wildman–Crippen MR) is 81.4 cm³/mol. The third-order valence-corrected chi connectivity index (χ3v) is 4.52. The van der Waals surface area contributed by atoms with Crippen LogP contribution in [0.1, 0.15) is 25.5 Å². The monoisotopic (exact) mass is 281 g/mol. The number of rotatable bonds is 6. The van der Waals surface area contributed by atoms with Gasteiger partial charge in [0.2, 0.25) is 0 Å². The zero-order valence-electron chi connectivity index (χ0n) is 11.9. The van der Waals surface area contributed by atoms with Crippen molar-refractivity contribution in [1.29, 1.82) is 0 Å². The Balaban J connectivity index is 2.01. The van der Waals surface area contributed by atoms with Crippen LogP contribution in [-0.4, -0.2) is 31.8 Å². The molecule has 0 aromatic heterocycles. The van der Waals surface area contributed by atoms with E-state index < -0.39 is 0 Å². The van der Waals surface area contributed by atoms with Gasteiger partial charge < -0.3 is 14.8 Å². The van der Waals surface area contributed by atoms with Crippen molar-refractivity contribution in [2.75, 3.05) is 31.8 Å². The first-order valence-electron chi connectivity index (χ1n) is 6.85. The van der Waals surface area contributed by atoms with E-state index in [9.17, 15) is 0 Å². The average Bonchev–Trinajstić information content (AvgIpc) is 2.43. The number of fused-ring (bicyclic) bond motifs is 1. The van der Waals surface area contributed by atoms with Crippen LogP contribution in [0.15, 0.2) is 18.2 Å². The Kier molecular flexibility index (Phi) is 5.40.